The zero-order valence-corrected chi connectivity index (χ0v) is 10.0. The summed E-state index contributed by atoms with van der Waals surface area (Å²) >= 11 is 3.25. The number of benzene rings is 1. The second-order valence-corrected chi connectivity index (χ2v) is 4.20. The highest BCUT2D eigenvalue weighted by atomic mass is 79.9. The molecule has 0 aliphatic rings. The van der Waals surface area contributed by atoms with Crippen LogP contribution in [0.15, 0.2) is 39.4 Å². The molecule has 0 fully saturated rings. The highest BCUT2D eigenvalue weighted by Gasteiger charge is 2.13. The van der Waals surface area contributed by atoms with Gasteiger partial charge in [-0.1, -0.05) is 0 Å². The molecule has 0 unspecified atom stereocenters. The summed E-state index contributed by atoms with van der Waals surface area (Å²) in [6.07, 6.45) is 1.46. The lowest BCUT2D eigenvalue weighted by Crippen LogP contribution is -1.94. The number of Topliss-reactive ketones (excluding diaryl/α,β-unsaturated/α-hetero) is 1. The van der Waals surface area contributed by atoms with E-state index in [1.165, 1.54) is 31.4 Å². The van der Waals surface area contributed by atoms with E-state index in [-0.39, 0.29) is 11.3 Å². The van der Waals surface area contributed by atoms with E-state index in [0.717, 1.165) is 0 Å². The molecular formula is C12H8BrFO2. The molecular weight excluding hydrogens is 275 g/mol. The minimum absolute atomic E-state index is 0.107. The summed E-state index contributed by atoms with van der Waals surface area (Å²) in [5.74, 6) is -0.134. The predicted molar refractivity (Wildman–Crippen MR) is 61.8 cm³/mol. The lowest BCUT2D eigenvalue weighted by Gasteiger charge is -2.03. The van der Waals surface area contributed by atoms with Crippen LogP contribution in [-0.2, 0) is 0 Å². The van der Waals surface area contributed by atoms with Gasteiger partial charge < -0.3 is 4.42 Å². The first-order valence-corrected chi connectivity index (χ1v) is 5.42. The van der Waals surface area contributed by atoms with E-state index < -0.39 is 5.82 Å². The number of carbonyl (C=O) groups excluding carboxylic acids is 1. The highest BCUT2D eigenvalue weighted by Crippen LogP contribution is 2.31. The van der Waals surface area contributed by atoms with Gasteiger partial charge in [-0.3, -0.25) is 4.79 Å². The van der Waals surface area contributed by atoms with Crippen LogP contribution in [0.2, 0.25) is 0 Å². The minimum atomic E-state index is -0.416. The molecule has 2 aromatic rings. The molecule has 0 bridgehead atoms. The van der Waals surface area contributed by atoms with Gasteiger partial charge >= 0.3 is 0 Å². The summed E-state index contributed by atoms with van der Waals surface area (Å²) in [4.78, 5) is 11.2. The predicted octanol–water partition coefficient (Wildman–Crippen LogP) is 4.05. The third-order valence-electron chi connectivity index (χ3n) is 2.23. The van der Waals surface area contributed by atoms with Crippen LogP contribution in [0.4, 0.5) is 4.39 Å². The van der Waals surface area contributed by atoms with E-state index >= 15 is 0 Å². The number of ketones is 1. The average molecular weight is 283 g/mol. The molecule has 0 N–H and O–H groups in total. The molecule has 82 valence electrons. The van der Waals surface area contributed by atoms with Gasteiger partial charge in [-0.15, -0.1) is 0 Å². The lowest BCUT2D eigenvalue weighted by molar-refractivity contribution is 0.101. The summed E-state index contributed by atoms with van der Waals surface area (Å²) in [6, 6.07) is 5.88. The second kappa shape index (κ2) is 4.22. The molecule has 1 aromatic heterocycles. The first-order valence-electron chi connectivity index (χ1n) is 4.63. The Balaban J connectivity index is 2.60. The zero-order valence-electron chi connectivity index (χ0n) is 8.46. The molecule has 0 saturated carbocycles. The Hall–Kier alpha value is -1.42. The Morgan fingerprint density at radius 2 is 2.12 bits per heavy atom. The summed E-state index contributed by atoms with van der Waals surface area (Å²) in [7, 11) is 0. The van der Waals surface area contributed by atoms with Gasteiger partial charge in [-0.25, -0.2) is 4.39 Å². The van der Waals surface area contributed by atoms with Gasteiger partial charge in [0.15, 0.2) is 11.5 Å². The Bertz CT molecular complexity index is 546. The van der Waals surface area contributed by atoms with Crippen molar-refractivity contribution in [2.45, 2.75) is 6.92 Å². The van der Waals surface area contributed by atoms with Crippen molar-refractivity contribution in [2.75, 3.05) is 0 Å². The molecule has 4 heteroatoms. The number of furan rings is 1. The molecule has 2 rings (SSSR count). The Morgan fingerprint density at radius 1 is 1.38 bits per heavy atom. The van der Waals surface area contributed by atoms with E-state index in [1.54, 1.807) is 6.07 Å². The number of rotatable bonds is 2. The van der Waals surface area contributed by atoms with Crippen LogP contribution in [0, 0.1) is 5.82 Å². The van der Waals surface area contributed by atoms with Crippen molar-refractivity contribution in [3.8, 4) is 11.3 Å². The molecule has 2 nitrogen and oxygen atoms in total. The molecule has 0 saturated heterocycles. The van der Waals surface area contributed by atoms with Crippen LogP contribution in [0.1, 0.15) is 17.3 Å². The van der Waals surface area contributed by atoms with Crippen LogP contribution in [0.25, 0.3) is 11.3 Å². The first-order chi connectivity index (χ1) is 7.59. The van der Waals surface area contributed by atoms with Crippen molar-refractivity contribution in [3.63, 3.8) is 0 Å². The Labute approximate surface area is 100 Å². The van der Waals surface area contributed by atoms with E-state index in [0.29, 0.717) is 15.8 Å². The zero-order chi connectivity index (χ0) is 11.7. The van der Waals surface area contributed by atoms with Crippen molar-refractivity contribution in [1.29, 1.82) is 0 Å². The van der Waals surface area contributed by atoms with E-state index in [9.17, 15) is 9.18 Å². The molecule has 0 amide bonds. The van der Waals surface area contributed by atoms with Crippen molar-refractivity contribution >= 4 is 21.7 Å². The number of carbonyl (C=O) groups is 1. The third-order valence-corrected chi connectivity index (χ3v) is 2.86. The van der Waals surface area contributed by atoms with Gasteiger partial charge in [-0.2, -0.15) is 0 Å². The smallest absolute Gasteiger partial charge is 0.159 e. The van der Waals surface area contributed by atoms with Crippen LogP contribution in [0.5, 0.6) is 0 Å². The summed E-state index contributed by atoms with van der Waals surface area (Å²) in [5, 5.41) is 0. The van der Waals surface area contributed by atoms with Gasteiger partial charge in [0.05, 0.1) is 16.3 Å². The number of halogens is 2. The topological polar surface area (TPSA) is 30.2 Å². The van der Waals surface area contributed by atoms with E-state index in [1.807, 2.05) is 0 Å². The quantitative estimate of drug-likeness (QED) is 0.778. The number of hydrogen-bond acceptors (Lipinski definition) is 2. The largest absolute Gasteiger partial charge is 0.463 e. The maximum atomic E-state index is 13.6. The average Bonchev–Trinajstić information content (AvgIpc) is 2.65. The van der Waals surface area contributed by atoms with Crippen molar-refractivity contribution < 1.29 is 13.6 Å². The first kappa shape index (κ1) is 11.1. The summed E-state index contributed by atoms with van der Waals surface area (Å²) in [5.41, 5.74) is 0.740. The van der Waals surface area contributed by atoms with Crippen LogP contribution >= 0.6 is 15.9 Å². The molecule has 0 aliphatic carbocycles. The lowest BCUT2D eigenvalue weighted by atomic mass is 10.1. The van der Waals surface area contributed by atoms with E-state index in [4.69, 9.17) is 4.42 Å². The van der Waals surface area contributed by atoms with Crippen molar-refractivity contribution in [3.05, 3.63) is 46.4 Å². The monoisotopic (exact) mass is 282 g/mol. The van der Waals surface area contributed by atoms with Crippen LogP contribution in [0.3, 0.4) is 0 Å². The number of hydrogen-bond donors (Lipinski definition) is 0. The van der Waals surface area contributed by atoms with Gasteiger partial charge in [0.1, 0.15) is 5.82 Å². The van der Waals surface area contributed by atoms with Crippen molar-refractivity contribution in [2.24, 2.45) is 0 Å². The fourth-order valence-electron chi connectivity index (χ4n) is 1.40. The molecule has 0 atom stereocenters. The fraction of sp³-hybridized carbons (Fsp3) is 0.0833. The highest BCUT2D eigenvalue weighted by molar-refractivity contribution is 9.10. The maximum absolute atomic E-state index is 13.6. The summed E-state index contributed by atoms with van der Waals surface area (Å²) < 4.78 is 19.4. The minimum Gasteiger partial charge on any atom is -0.463 e. The molecule has 0 spiro atoms. The second-order valence-electron chi connectivity index (χ2n) is 3.35. The van der Waals surface area contributed by atoms with Gasteiger partial charge in [0.2, 0.25) is 0 Å². The van der Waals surface area contributed by atoms with E-state index in [2.05, 4.69) is 15.9 Å². The molecule has 0 aliphatic heterocycles. The molecule has 0 radical (unpaired) electrons. The van der Waals surface area contributed by atoms with Crippen LogP contribution < -0.4 is 0 Å². The standard InChI is InChI=1S/C12H8BrFO2/c1-7(15)8-2-3-11(14)9(6-8)12-10(13)4-5-16-12/h2-6H,1H3. The summed E-state index contributed by atoms with van der Waals surface area (Å²) in [6.45, 7) is 1.44. The van der Waals surface area contributed by atoms with Crippen molar-refractivity contribution in [1.82, 2.24) is 0 Å². The fourth-order valence-corrected chi connectivity index (χ4v) is 1.82. The molecule has 1 aromatic carbocycles. The maximum Gasteiger partial charge on any atom is 0.159 e. The molecule has 16 heavy (non-hydrogen) atoms. The normalized spacial score (nSPS) is 10.4. The van der Waals surface area contributed by atoms with Gasteiger partial charge in [-0.05, 0) is 47.1 Å². The van der Waals surface area contributed by atoms with Gasteiger partial charge in [0, 0.05) is 5.56 Å². The Kier molecular flexibility index (Phi) is 2.92. The van der Waals surface area contributed by atoms with Gasteiger partial charge in [0.25, 0.3) is 0 Å². The molecule has 1 heterocycles. The third kappa shape index (κ3) is 1.93. The SMILES string of the molecule is CC(=O)c1ccc(F)c(-c2occc2Br)c1. The van der Waals surface area contributed by atoms with Crippen LogP contribution in [-0.4, -0.2) is 5.78 Å². The Morgan fingerprint density at radius 3 is 2.69 bits per heavy atom.